The topological polar surface area (TPSA) is 154 Å². The molecule has 0 spiro atoms. The van der Waals surface area contributed by atoms with Gasteiger partial charge in [-0.1, -0.05) is 99.6 Å². The molecule has 5 atom stereocenters. The fraction of sp³-hybridized carbons (Fsp3) is 0.400. The van der Waals surface area contributed by atoms with Crippen molar-refractivity contribution in [3.05, 3.63) is 108 Å². The zero-order valence-electron chi connectivity index (χ0n) is 33.0. The Morgan fingerprint density at radius 1 is 0.772 bits per heavy atom. The van der Waals surface area contributed by atoms with E-state index in [1.54, 1.807) is 4.90 Å². The highest BCUT2D eigenvalue weighted by molar-refractivity contribution is 5.89. The molecule has 2 unspecified atom stereocenters. The van der Waals surface area contributed by atoms with Crippen molar-refractivity contribution in [2.45, 2.75) is 83.0 Å². The summed E-state index contributed by atoms with van der Waals surface area (Å²) < 4.78 is 5.46. The van der Waals surface area contributed by atoms with Gasteiger partial charge in [0.1, 0.15) is 17.7 Å². The van der Waals surface area contributed by atoms with Gasteiger partial charge in [-0.15, -0.1) is 0 Å². The summed E-state index contributed by atoms with van der Waals surface area (Å²) >= 11 is 0. The SMILES string of the molecule is CCN(CC)[C@@H](C(=O)N1CCC[C@H]1c1ncc(-c2ccc(-c3ccc(-c4cnc([C@@H]5CCCN5C(=O)C5(OC(N)=O)CCC5C)[nH]4)cc3)cc2)[nH]1)c1ccccc1. The maximum absolute atomic E-state index is 14.2. The Balaban J connectivity index is 0.933. The highest BCUT2D eigenvalue weighted by atomic mass is 16.6. The van der Waals surface area contributed by atoms with Crippen molar-refractivity contribution in [1.82, 2.24) is 34.6 Å². The molecule has 4 N–H and O–H groups in total. The van der Waals surface area contributed by atoms with Gasteiger partial charge in [0, 0.05) is 19.0 Å². The molecule has 0 bridgehead atoms. The fourth-order valence-electron chi connectivity index (χ4n) is 9.12. The minimum absolute atomic E-state index is 0.0815. The van der Waals surface area contributed by atoms with E-state index in [9.17, 15) is 14.4 Å². The van der Waals surface area contributed by atoms with Gasteiger partial charge in [-0.05, 0) is 79.4 Å². The number of hydrogen-bond acceptors (Lipinski definition) is 7. The first-order chi connectivity index (χ1) is 27.7. The van der Waals surface area contributed by atoms with Crippen molar-refractivity contribution in [3.63, 3.8) is 0 Å². The van der Waals surface area contributed by atoms with E-state index in [-0.39, 0.29) is 35.9 Å². The monoisotopic (exact) mass is 768 g/mol. The fourth-order valence-corrected chi connectivity index (χ4v) is 9.12. The molecule has 5 aromatic rings. The number of nitrogens with one attached hydrogen (secondary N) is 2. The molecule has 2 aliphatic heterocycles. The first-order valence-electron chi connectivity index (χ1n) is 20.4. The smallest absolute Gasteiger partial charge is 0.405 e. The van der Waals surface area contributed by atoms with Gasteiger partial charge in [-0.25, -0.2) is 14.8 Å². The Labute approximate surface area is 333 Å². The number of primary amides is 1. The van der Waals surface area contributed by atoms with E-state index < -0.39 is 11.7 Å². The Kier molecular flexibility index (Phi) is 10.7. The van der Waals surface area contributed by atoms with Crippen LogP contribution in [0.15, 0.2) is 91.3 Å². The van der Waals surface area contributed by atoms with Crippen LogP contribution in [0.5, 0.6) is 0 Å². The van der Waals surface area contributed by atoms with Gasteiger partial charge in [-0.2, -0.15) is 0 Å². The number of aromatic amines is 2. The van der Waals surface area contributed by atoms with Gasteiger partial charge >= 0.3 is 6.09 Å². The van der Waals surface area contributed by atoms with E-state index >= 15 is 0 Å². The van der Waals surface area contributed by atoms with Crippen molar-refractivity contribution < 1.29 is 19.1 Å². The number of rotatable bonds is 12. The highest BCUT2D eigenvalue weighted by Crippen LogP contribution is 2.46. The number of carbonyl (C=O) groups is 3. The molecule has 2 saturated heterocycles. The summed E-state index contributed by atoms with van der Waals surface area (Å²) in [6.07, 6.45) is 7.50. The number of aromatic nitrogens is 4. The molecular formula is C45H52N8O4. The maximum Gasteiger partial charge on any atom is 0.405 e. The third-order valence-corrected chi connectivity index (χ3v) is 12.5. The van der Waals surface area contributed by atoms with E-state index in [1.165, 1.54) is 0 Å². The average Bonchev–Trinajstić information content (AvgIpc) is 4.08. The summed E-state index contributed by atoms with van der Waals surface area (Å²) in [4.78, 5) is 62.3. The number of H-pyrrole nitrogens is 2. The summed E-state index contributed by atoms with van der Waals surface area (Å²) in [6, 6.07) is 26.2. The normalized spacial score (nSPS) is 22.4. The molecule has 8 rings (SSSR count). The largest absolute Gasteiger partial charge is 0.433 e. The number of imidazole rings is 2. The molecule has 57 heavy (non-hydrogen) atoms. The molecule has 3 amide bonds. The molecule has 4 heterocycles. The molecule has 3 fully saturated rings. The quantitative estimate of drug-likeness (QED) is 0.117. The van der Waals surface area contributed by atoms with Crippen LogP contribution < -0.4 is 5.73 Å². The number of likely N-dealkylation sites (N-methyl/N-ethyl adjacent to an activating group) is 1. The van der Waals surface area contributed by atoms with Crippen LogP contribution in [0.25, 0.3) is 33.6 Å². The maximum atomic E-state index is 14.2. The minimum Gasteiger partial charge on any atom is -0.433 e. The number of ether oxygens (including phenoxy) is 1. The van der Waals surface area contributed by atoms with Gasteiger partial charge in [0.15, 0.2) is 5.60 Å². The van der Waals surface area contributed by atoms with Crippen molar-refractivity contribution >= 4 is 17.9 Å². The second-order valence-corrected chi connectivity index (χ2v) is 15.6. The molecule has 3 aliphatic rings. The Bertz CT molecular complexity index is 2200. The number of likely N-dealkylation sites (tertiary alicyclic amines) is 2. The van der Waals surface area contributed by atoms with Gasteiger partial charge in [-0.3, -0.25) is 14.5 Å². The number of carbonyl (C=O) groups excluding carboxylic acids is 3. The molecule has 1 saturated carbocycles. The minimum atomic E-state index is -1.18. The average molecular weight is 769 g/mol. The van der Waals surface area contributed by atoms with E-state index in [0.29, 0.717) is 13.0 Å². The van der Waals surface area contributed by atoms with Gasteiger partial charge in [0.25, 0.3) is 5.91 Å². The molecule has 12 nitrogen and oxygen atoms in total. The summed E-state index contributed by atoms with van der Waals surface area (Å²) in [7, 11) is 0. The molecule has 3 aromatic carbocycles. The lowest BCUT2D eigenvalue weighted by Gasteiger charge is -2.47. The molecular weight excluding hydrogens is 717 g/mol. The number of benzene rings is 3. The lowest BCUT2D eigenvalue weighted by Crippen LogP contribution is -2.61. The Hall–Kier alpha value is -5.75. The standard InChI is InChI=1S/C45H52N8O4/c1-4-51(5-2)39(34-11-7-6-8-12-34)42(54)52-25-9-13-37(52)40-47-27-35(49-40)32-19-15-30(16-20-32)31-17-21-33(22-18-31)36-28-48-41(50-36)38-14-10-26-53(38)43(55)45(57-44(46)56)24-23-29(45)3/h6-8,11-12,15-22,27-29,37-39H,4-5,9-10,13-14,23-26H2,1-3H3,(H2,46,56)(H,47,49)(H,48,50)/t29?,37-,38-,39+,45?/m0/s1. The molecule has 0 radical (unpaired) electrons. The first-order valence-corrected chi connectivity index (χ1v) is 20.4. The van der Waals surface area contributed by atoms with Gasteiger partial charge in [0.05, 0.1) is 35.9 Å². The lowest BCUT2D eigenvalue weighted by molar-refractivity contribution is -0.171. The van der Waals surface area contributed by atoms with Crippen LogP contribution in [0, 0.1) is 5.92 Å². The summed E-state index contributed by atoms with van der Waals surface area (Å²) in [5.41, 5.74) is 11.2. The van der Waals surface area contributed by atoms with Crippen LogP contribution in [-0.4, -0.2) is 84.3 Å². The number of amides is 3. The van der Waals surface area contributed by atoms with E-state index in [2.05, 4.69) is 89.4 Å². The van der Waals surface area contributed by atoms with Crippen LogP contribution >= 0.6 is 0 Å². The van der Waals surface area contributed by atoms with Crippen molar-refractivity contribution in [2.75, 3.05) is 26.2 Å². The first kappa shape index (κ1) is 38.1. The highest BCUT2D eigenvalue weighted by Gasteiger charge is 2.57. The van der Waals surface area contributed by atoms with E-state index in [0.717, 1.165) is 103 Å². The molecule has 296 valence electrons. The zero-order valence-corrected chi connectivity index (χ0v) is 33.0. The van der Waals surface area contributed by atoms with Gasteiger partial charge < -0.3 is 30.2 Å². The van der Waals surface area contributed by atoms with Crippen molar-refractivity contribution in [1.29, 1.82) is 0 Å². The van der Waals surface area contributed by atoms with E-state index in [4.69, 9.17) is 20.4 Å². The van der Waals surface area contributed by atoms with E-state index in [1.807, 2.05) is 42.4 Å². The third kappa shape index (κ3) is 7.22. The second kappa shape index (κ2) is 16.0. The predicted octanol–water partition coefficient (Wildman–Crippen LogP) is 7.81. The zero-order chi connectivity index (χ0) is 39.7. The van der Waals surface area contributed by atoms with Crippen LogP contribution in [-0.2, 0) is 14.3 Å². The van der Waals surface area contributed by atoms with Crippen molar-refractivity contribution in [2.24, 2.45) is 11.7 Å². The Morgan fingerprint density at radius 3 is 1.75 bits per heavy atom. The van der Waals surface area contributed by atoms with Crippen LogP contribution in [0.3, 0.4) is 0 Å². The lowest BCUT2D eigenvalue weighted by atomic mass is 9.69. The second-order valence-electron chi connectivity index (χ2n) is 15.6. The number of nitrogens with zero attached hydrogens (tertiary/aromatic N) is 5. The van der Waals surface area contributed by atoms with Crippen molar-refractivity contribution in [3.8, 4) is 33.6 Å². The number of hydrogen-bond donors (Lipinski definition) is 3. The van der Waals surface area contributed by atoms with Gasteiger partial charge in [0.2, 0.25) is 5.91 Å². The molecule has 2 aromatic heterocycles. The molecule has 12 heteroatoms. The Morgan fingerprint density at radius 2 is 1.28 bits per heavy atom. The van der Waals surface area contributed by atoms with Crippen LogP contribution in [0.1, 0.15) is 94.6 Å². The third-order valence-electron chi connectivity index (χ3n) is 12.5. The summed E-state index contributed by atoms with van der Waals surface area (Å²) in [5.74, 6) is 1.42. The number of nitrogens with two attached hydrogens (primary N) is 1. The molecule has 1 aliphatic carbocycles. The summed E-state index contributed by atoms with van der Waals surface area (Å²) in [5, 5.41) is 0. The van der Waals surface area contributed by atoms with Crippen LogP contribution in [0.2, 0.25) is 0 Å². The van der Waals surface area contributed by atoms with Crippen LogP contribution in [0.4, 0.5) is 4.79 Å². The summed E-state index contributed by atoms with van der Waals surface area (Å²) in [6.45, 7) is 9.03. The predicted molar refractivity (Wildman–Crippen MR) is 218 cm³/mol.